The molecule has 3 heteroatoms. The quantitative estimate of drug-likeness (QED) is 0.788. The van der Waals surface area contributed by atoms with Gasteiger partial charge in [0, 0.05) is 12.1 Å². The summed E-state index contributed by atoms with van der Waals surface area (Å²) in [6.07, 6.45) is 2.19. The van der Waals surface area contributed by atoms with Crippen LogP contribution in [0, 0.1) is 5.92 Å². The van der Waals surface area contributed by atoms with Crippen molar-refractivity contribution in [3.05, 3.63) is 23.8 Å². The molecule has 0 bridgehead atoms. The highest BCUT2D eigenvalue weighted by Crippen LogP contribution is 2.28. The molecule has 0 amide bonds. The Kier molecular flexibility index (Phi) is 6.86. The molecule has 0 saturated heterocycles. The SMILES string of the molecule is COc1ccc(CC(C)NC(C)CC(C)C)cc1OC. The van der Waals surface area contributed by atoms with Crippen molar-refractivity contribution in [2.75, 3.05) is 14.2 Å². The van der Waals surface area contributed by atoms with Gasteiger partial charge in [0.15, 0.2) is 11.5 Å². The Hall–Kier alpha value is -1.22. The van der Waals surface area contributed by atoms with Gasteiger partial charge < -0.3 is 14.8 Å². The van der Waals surface area contributed by atoms with Gasteiger partial charge in [-0.25, -0.2) is 0 Å². The number of benzene rings is 1. The first kappa shape index (κ1) is 16.8. The number of methoxy groups -OCH3 is 2. The molecule has 2 unspecified atom stereocenters. The zero-order valence-corrected chi connectivity index (χ0v) is 13.7. The minimum Gasteiger partial charge on any atom is -0.493 e. The molecule has 1 aromatic rings. The van der Waals surface area contributed by atoms with Crippen molar-refractivity contribution in [2.45, 2.75) is 52.6 Å². The van der Waals surface area contributed by atoms with E-state index in [4.69, 9.17) is 9.47 Å². The maximum atomic E-state index is 5.35. The molecule has 114 valence electrons. The van der Waals surface area contributed by atoms with Gasteiger partial charge in [-0.3, -0.25) is 0 Å². The number of hydrogen-bond donors (Lipinski definition) is 1. The van der Waals surface area contributed by atoms with Gasteiger partial charge in [-0.15, -0.1) is 0 Å². The largest absolute Gasteiger partial charge is 0.493 e. The van der Waals surface area contributed by atoms with E-state index in [9.17, 15) is 0 Å². The third-order valence-electron chi connectivity index (χ3n) is 3.38. The van der Waals surface area contributed by atoms with Crippen LogP contribution in [-0.4, -0.2) is 26.3 Å². The summed E-state index contributed by atoms with van der Waals surface area (Å²) >= 11 is 0. The van der Waals surface area contributed by atoms with E-state index in [0.29, 0.717) is 12.1 Å². The highest BCUT2D eigenvalue weighted by molar-refractivity contribution is 5.43. The zero-order chi connectivity index (χ0) is 15.1. The summed E-state index contributed by atoms with van der Waals surface area (Å²) in [6, 6.07) is 7.13. The van der Waals surface area contributed by atoms with E-state index in [1.165, 1.54) is 12.0 Å². The Labute approximate surface area is 123 Å². The van der Waals surface area contributed by atoms with E-state index in [-0.39, 0.29) is 0 Å². The van der Waals surface area contributed by atoms with Crippen LogP contribution in [0.5, 0.6) is 11.5 Å². The number of rotatable bonds is 8. The molecule has 0 radical (unpaired) electrons. The number of ether oxygens (including phenoxy) is 2. The molecular weight excluding hydrogens is 250 g/mol. The first-order chi connectivity index (χ1) is 9.46. The molecule has 0 spiro atoms. The summed E-state index contributed by atoms with van der Waals surface area (Å²) in [5.41, 5.74) is 1.26. The molecule has 20 heavy (non-hydrogen) atoms. The van der Waals surface area contributed by atoms with Crippen LogP contribution in [0.15, 0.2) is 18.2 Å². The first-order valence-electron chi connectivity index (χ1n) is 7.43. The van der Waals surface area contributed by atoms with E-state index in [1.807, 2.05) is 6.07 Å². The van der Waals surface area contributed by atoms with Crippen LogP contribution < -0.4 is 14.8 Å². The smallest absolute Gasteiger partial charge is 0.160 e. The normalized spacial score (nSPS) is 14.2. The maximum Gasteiger partial charge on any atom is 0.160 e. The molecule has 0 aliphatic carbocycles. The van der Waals surface area contributed by atoms with Gasteiger partial charge in [0.1, 0.15) is 0 Å². The van der Waals surface area contributed by atoms with Gasteiger partial charge in [0.2, 0.25) is 0 Å². The lowest BCUT2D eigenvalue weighted by Crippen LogP contribution is -2.36. The second-order valence-corrected chi connectivity index (χ2v) is 5.99. The Morgan fingerprint density at radius 1 is 0.950 bits per heavy atom. The standard InChI is InChI=1S/C17H29NO2/c1-12(2)9-13(3)18-14(4)10-15-7-8-16(19-5)17(11-15)20-6/h7-8,11-14,18H,9-10H2,1-6H3. The molecular formula is C17H29NO2. The minimum atomic E-state index is 0.446. The lowest BCUT2D eigenvalue weighted by atomic mass is 10.0. The molecule has 0 aliphatic rings. The predicted octanol–water partition coefficient (Wildman–Crippen LogP) is 3.66. The fraction of sp³-hybridized carbons (Fsp3) is 0.647. The molecule has 1 aromatic carbocycles. The first-order valence-corrected chi connectivity index (χ1v) is 7.43. The average molecular weight is 279 g/mol. The molecule has 2 atom stereocenters. The Morgan fingerprint density at radius 3 is 2.15 bits per heavy atom. The van der Waals surface area contributed by atoms with Crippen LogP contribution in [0.3, 0.4) is 0 Å². The average Bonchev–Trinajstić information content (AvgIpc) is 2.37. The van der Waals surface area contributed by atoms with Crippen molar-refractivity contribution in [1.82, 2.24) is 5.32 Å². The van der Waals surface area contributed by atoms with Gasteiger partial charge in [0.25, 0.3) is 0 Å². The molecule has 1 N–H and O–H groups in total. The highest BCUT2D eigenvalue weighted by atomic mass is 16.5. The molecule has 1 rings (SSSR count). The molecule has 3 nitrogen and oxygen atoms in total. The summed E-state index contributed by atoms with van der Waals surface area (Å²) in [5, 5.41) is 3.65. The third kappa shape index (κ3) is 5.41. The van der Waals surface area contributed by atoms with E-state index in [2.05, 4.69) is 45.1 Å². The topological polar surface area (TPSA) is 30.5 Å². The van der Waals surface area contributed by atoms with Crippen LogP contribution in [0.2, 0.25) is 0 Å². The summed E-state index contributed by atoms with van der Waals surface area (Å²) in [6.45, 7) is 9.01. The Morgan fingerprint density at radius 2 is 1.60 bits per heavy atom. The summed E-state index contributed by atoms with van der Waals surface area (Å²) in [5.74, 6) is 2.31. The molecule has 0 fully saturated rings. The van der Waals surface area contributed by atoms with E-state index >= 15 is 0 Å². The van der Waals surface area contributed by atoms with E-state index in [1.54, 1.807) is 14.2 Å². The highest BCUT2D eigenvalue weighted by Gasteiger charge is 2.11. The van der Waals surface area contributed by atoms with Gasteiger partial charge in [0.05, 0.1) is 14.2 Å². The molecule has 0 heterocycles. The van der Waals surface area contributed by atoms with Crippen LogP contribution in [0.1, 0.15) is 39.7 Å². The van der Waals surface area contributed by atoms with Crippen molar-refractivity contribution in [3.8, 4) is 11.5 Å². The lowest BCUT2D eigenvalue weighted by molar-refractivity contribution is 0.354. The Balaban J connectivity index is 2.59. The van der Waals surface area contributed by atoms with Gasteiger partial charge in [-0.05, 0) is 50.3 Å². The van der Waals surface area contributed by atoms with Crippen molar-refractivity contribution < 1.29 is 9.47 Å². The fourth-order valence-corrected chi connectivity index (χ4v) is 2.68. The van der Waals surface area contributed by atoms with Crippen LogP contribution in [0.4, 0.5) is 0 Å². The zero-order valence-electron chi connectivity index (χ0n) is 13.7. The number of nitrogens with one attached hydrogen (secondary N) is 1. The summed E-state index contributed by atoms with van der Waals surface area (Å²) < 4.78 is 10.6. The van der Waals surface area contributed by atoms with E-state index in [0.717, 1.165) is 23.8 Å². The van der Waals surface area contributed by atoms with Gasteiger partial charge in [-0.2, -0.15) is 0 Å². The summed E-state index contributed by atoms with van der Waals surface area (Å²) in [7, 11) is 3.34. The molecule has 0 aromatic heterocycles. The predicted molar refractivity (Wildman–Crippen MR) is 84.8 cm³/mol. The van der Waals surface area contributed by atoms with Gasteiger partial charge >= 0.3 is 0 Å². The van der Waals surface area contributed by atoms with Crippen LogP contribution >= 0.6 is 0 Å². The fourth-order valence-electron chi connectivity index (χ4n) is 2.68. The van der Waals surface area contributed by atoms with Crippen molar-refractivity contribution in [3.63, 3.8) is 0 Å². The molecule has 0 saturated carbocycles. The third-order valence-corrected chi connectivity index (χ3v) is 3.38. The molecule has 0 aliphatic heterocycles. The minimum absolute atomic E-state index is 0.446. The monoisotopic (exact) mass is 279 g/mol. The maximum absolute atomic E-state index is 5.35. The second kappa shape index (κ2) is 8.15. The number of hydrogen-bond acceptors (Lipinski definition) is 3. The van der Waals surface area contributed by atoms with Gasteiger partial charge in [-0.1, -0.05) is 19.9 Å². The van der Waals surface area contributed by atoms with E-state index < -0.39 is 0 Å². The lowest BCUT2D eigenvalue weighted by Gasteiger charge is -2.22. The van der Waals surface area contributed by atoms with Crippen molar-refractivity contribution >= 4 is 0 Å². The second-order valence-electron chi connectivity index (χ2n) is 5.99. The van der Waals surface area contributed by atoms with Crippen molar-refractivity contribution in [2.24, 2.45) is 5.92 Å². The summed E-state index contributed by atoms with van der Waals surface area (Å²) in [4.78, 5) is 0. The van der Waals surface area contributed by atoms with Crippen LogP contribution in [0.25, 0.3) is 0 Å². The van der Waals surface area contributed by atoms with Crippen LogP contribution in [-0.2, 0) is 6.42 Å². The Bertz CT molecular complexity index is 404. The van der Waals surface area contributed by atoms with Crippen molar-refractivity contribution in [1.29, 1.82) is 0 Å².